The van der Waals surface area contributed by atoms with Crippen molar-refractivity contribution in [1.82, 2.24) is 25.0 Å². The summed E-state index contributed by atoms with van der Waals surface area (Å²) in [6.07, 6.45) is 3.85. The molecule has 11 nitrogen and oxygen atoms in total. The zero-order valence-electron chi connectivity index (χ0n) is 21.1. The highest BCUT2D eigenvalue weighted by molar-refractivity contribution is 7.92. The van der Waals surface area contributed by atoms with E-state index >= 15 is 0 Å². The van der Waals surface area contributed by atoms with Crippen LogP contribution in [0.25, 0.3) is 6.08 Å². The Bertz CT molecular complexity index is 1320. The molecule has 3 amide bonds. The maximum Gasteiger partial charge on any atom is 0.256 e. The molecule has 2 atom stereocenters. The van der Waals surface area contributed by atoms with Gasteiger partial charge in [-0.2, -0.15) is 4.72 Å². The molecule has 0 aromatic carbocycles. The van der Waals surface area contributed by atoms with Crippen LogP contribution in [-0.2, 0) is 19.6 Å². The molecule has 2 aromatic heterocycles. The lowest BCUT2D eigenvalue weighted by Gasteiger charge is -2.34. The first kappa shape index (κ1) is 28.3. The number of carbonyl (C=O) groups is 3. The van der Waals surface area contributed by atoms with E-state index in [-0.39, 0.29) is 30.9 Å². The van der Waals surface area contributed by atoms with Crippen molar-refractivity contribution in [3.63, 3.8) is 0 Å². The largest absolute Gasteiger partial charge is 0.361 e. The summed E-state index contributed by atoms with van der Waals surface area (Å²) in [5, 5.41) is 7.67. The predicted molar refractivity (Wildman–Crippen MR) is 143 cm³/mol. The number of piperidine rings is 1. The third-order valence-corrected chi connectivity index (χ3v) is 8.93. The molecule has 4 heterocycles. The zero-order chi connectivity index (χ0) is 27.4. The molecule has 2 aliphatic heterocycles. The van der Waals surface area contributed by atoms with E-state index < -0.39 is 22.0 Å². The number of aromatic nitrogens is 1. The number of nitrogens with zero attached hydrogens (tertiary/aromatic N) is 3. The van der Waals surface area contributed by atoms with Crippen molar-refractivity contribution < 1.29 is 27.3 Å². The third-order valence-electron chi connectivity index (χ3n) is 6.62. The molecule has 0 saturated carbocycles. The molecule has 0 bridgehead atoms. The number of halogens is 1. The Morgan fingerprint density at radius 1 is 1.24 bits per heavy atom. The van der Waals surface area contributed by atoms with Crippen LogP contribution >= 0.6 is 22.9 Å². The first-order valence-electron chi connectivity index (χ1n) is 12.3. The minimum absolute atomic E-state index is 0.144. The van der Waals surface area contributed by atoms with Gasteiger partial charge in [-0.05, 0) is 57.7 Å². The fourth-order valence-electron chi connectivity index (χ4n) is 4.76. The summed E-state index contributed by atoms with van der Waals surface area (Å²) < 4.78 is 33.1. The van der Waals surface area contributed by atoms with Crippen LogP contribution in [0.1, 0.15) is 52.4 Å². The fourth-order valence-corrected chi connectivity index (χ4v) is 6.82. The smallest absolute Gasteiger partial charge is 0.256 e. The molecule has 38 heavy (non-hydrogen) atoms. The number of aryl methyl sites for hydroxylation is 2. The average Bonchev–Trinajstić information content (AvgIpc) is 3.59. The van der Waals surface area contributed by atoms with Crippen molar-refractivity contribution in [3.8, 4) is 0 Å². The summed E-state index contributed by atoms with van der Waals surface area (Å²) >= 11 is 7.12. The number of amides is 3. The Kier molecular flexibility index (Phi) is 8.91. The van der Waals surface area contributed by atoms with E-state index in [1.165, 1.54) is 22.3 Å². The highest BCUT2D eigenvalue weighted by atomic mass is 35.5. The lowest BCUT2D eigenvalue weighted by molar-refractivity contribution is -0.143. The van der Waals surface area contributed by atoms with Gasteiger partial charge in [0, 0.05) is 36.0 Å². The first-order valence-corrected chi connectivity index (χ1v) is 15.0. The summed E-state index contributed by atoms with van der Waals surface area (Å²) in [6, 6.07) is 2.23. The highest BCUT2D eigenvalue weighted by Gasteiger charge is 2.35. The summed E-state index contributed by atoms with van der Waals surface area (Å²) in [7, 11) is -3.88. The number of rotatable bonds is 9. The second-order valence-corrected chi connectivity index (χ2v) is 12.7. The van der Waals surface area contributed by atoms with Gasteiger partial charge in [0.05, 0.1) is 16.6 Å². The van der Waals surface area contributed by atoms with Crippen molar-refractivity contribution >= 4 is 56.8 Å². The molecule has 2 aromatic rings. The van der Waals surface area contributed by atoms with E-state index in [2.05, 4.69) is 15.2 Å². The van der Waals surface area contributed by atoms with Gasteiger partial charge in [0.1, 0.15) is 17.4 Å². The Balaban J connectivity index is 1.32. The second-order valence-electron chi connectivity index (χ2n) is 9.35. The minimum Gasteiger partial charge on any atom is -0.361 e. The molecule has 2 aliphatic rings. The van der Waals surface area contributed by atoms with Gasteiger partial charge in [-0.15, -0.1) is 11.3 Å². The Hall–Kier alpha value is -2.74. The van der Waals surface area contributed by atoms with Crippen LogP contribution < -0.4 is 10.0 Å². The van der Waals surface area contributed by atoms with Crippen LogP contribution in [0.4, 0.5) is 0 Å². The van der Waals surface area contributed by atoms with Crippen molar-refractivity contribution in [2.24, 2.45) is 0 Å². The normalized spacial score (nSPS) is 20.4. The van der Waals surface area contributed by atoms with E-state index in [0.29, 0.717) is 52.2 Å². The van der Waals surface area contributed by atoms with Gasteiger partial charge >= 0.3 is 0 Å². The number of sulfonamides is 1. The number of hydrogen-bond acceptors (Lipinski definition) is 8. The van der Waals surface area contributed by atoms with Crippen LogP contribution in [-0.4, -0.2) is 79.4 Å². The molecule has 2 N–H and O–H groups in total. The average molecular weight is 584 g/mol. The maximum absolute atomic E-state index is 13.1. The summed E-state index contributed by atoms with van der Waals surface area (Å²) in [4.78, 5) is 42.5. The van der Waals surface area contributed by atoms with E-state index in [0.717, 1.165) is 18.2 Å². The van der Waals surface area contributed by atoms with E-state index in [4.69, 9.17) is 16.1 Å². The fraction of sp³-hybridized carbons (Fsp3) is 0.500. The molecular weight excluding hydrogens is 554 g/mol. The van der Waals surface area contributed by atoms with E-state index in [1.807, 2.05) is 0 Å². The SMILES string of the molecule is Cc1noc(C)c1C(=O)NC[C@H]1CCCN1C(=O)CN1CCC[C@H](NS(=O)(=O)C=Cc2ccc(Cl)s2)C1=O. The maximum atomic E-state index is 13.1. The number of nitrogens with one attached hydrogen (secondary N) is 2. The molecule has 2 fully saturated rings. The van der Waals surface area contributed by atoms with Crippen molar-refractivity contribution in [1.29, 1.82) is 0 Å². The Morgan fingerprint density at radius 2 is 2.00 bits per heavy atom. The number of likely N-dealkylation sites (tertiary alicyclic amines) is 2. The number of hydrogen-bond donors (Lipinski definition) is 2. The van der Waals surface area contributed by atoms with Crippen LogP contribution in [0.2, 0.25) is 4.34 Å². The van der Waals surface area contributed by atoms with Gasteiger partial charge < -0.3 is 19.6 Å². The van der Waals surface area contributed by atoms with Gasteiger partial charge in [0.25, 0.3) is 5.91 Å². The first-order chi connectivity index (χ1) is 18.0. The van der Waals surface area contributed by atoms with Gasteiger partial charge in [-0.1, -0.05) is 16.8 Å². The number of thiophene rings is 1. The van der Waals surface area contributed by atoms with Gasteiger partial charge in [-0.3, -0.25) is 14.4 Å². The Morgan fingerprint density at radius 3 is 2.68 bits per heavy atom. The number of carbonyl (C=O) groups excluding carboxylic acids is 3. The van der Waals surface area contributed by atoms with Gasteiger partial charge in [0.2, 0.25) is 21.8 Å². The van der Waals surface area contributed by atoms with E-state index in [1.54, 1.807) is 30.9 Å². The summed E-state index contributed by atoms with van der Waals surface area (Å²) in [6.45, 7) is 4.38. The lowest BCUT2D eigenvalue weighted by atomic mass is 10.1. The molecule has 0 spiro atoms. The van der Waals surface area contributed by atoms with Crippen LogP contribution in [0.5, 0.6) is 0 Å². The quantitative estimate of drug-likeness (QED) is 0.461. The lowest BCUT2D eigenvalue weighted by Crippen LogP contribution is -2.55. The minimum atomic E-state index is -3.88. The topological polar surface area (TPSA) is 142 Å². The van der Waals surface area contributed by atoms with Crippen LogP contribution in [0.3, 0.4) is 0 Å². The monoisotopic (exact) mass is 583 g/mol. The molecule has 0 unspecified atom stereocenters. The summed E-state index contributed by atoms with van der Waals surface area (Å²) in [5.74, 6) is -0.536. The molecule has 0 radical (unpaired) electrons. The molecule has 14 heteroatoms. The van der Waals surface area contributed by atoms with Crippen molar-refractivity contribution in [3.05, 3.63) is 43.8 Å². The molecule has 206 valence electrons. The zero-order valence-corrected chi connectivity index (χ0v) is 23.5. The molecule has 2 saturated heterocycles. The standard InChI is InChI=1S/C24H30ClN5O6S2/c1-15-22(16(2)36-27-15)23(32)26-13-17-5-3-11-30(17)21(31)14-29-10-4-6-19(24(29)33)28-38(34,35)12-9-18-7-8-20(25)37-18/h7-9,12,17,19,28H,3-6,10-11,13-14H2,1-2H3,(H,26,32)/t17-,19+/m1/s1. The van der Waals surface area contributed by atoms with Gasteiger partial charge in [-0.25, -0.2) is 8.42 Å². The van der Waals surface area contributed by atoms with E-state index in [9.17, 15) is 22.8 Å². The summed E-state index contributed by atoms with van der Waals surface area (Å²) in [5.41, 5.74) is 0.891. The predicted octanol–water partition coefficient (Wildman–Crippen LogP) is 2.31. The van der Waals surface area contributed by atoms with Crippen LogP contribution in [0, 0.1) is 13.8 Å². The molecular formula is C24H30ClN5O6S2. The molecule has 4 rings (SSSR count). The molecule has 0 aliphatic carbocycles. The highest BCUT2D eigenvalue weighted by Crippen LogP contribution is 2.23. The van der Waals surface area contributed by atoms with Crippen LogP contribution in [0.15, 0.2) is 22.1 Å². The van der Waals surface area contributed by atoms with Crippen molar-refractivity contribution in [2.45, 2.75) is 51.6 Å². The Labute approximate surface area is 230 Å². The van der Waals surface area contributed by atoms with Gasteiger partial charge in [0.15, 0.2) is 0 Å². The second kappa shape index (κ2) is 12.0. The third kappa shape index (κ3) is 6.82. The van der Waals surface area contributed by atoms with Crippen molar-refractivity contribution in [2.75, 3.05) is 26.2 Å².